The fourth-order valence-electron chi connectivity index (χ4n) is 2.66. The van der Waals surface area contributed by atoms with Crippen LogP contribution in [0.15, 0.2) is 18.2 Å². The van der Waals surface area contributed by atoms with Crippen molar-refractivity contribution < 1.29 is 4.57 Å². The lowest BCUT2D eigenvalue weighted by Crippen LogP contribution is -2.32. The molecule has 1 aliphatic rings. The lowest BCUT2D eigenvalue weighted by atomic mass is 10.3. The first-order valence-corrected chi connectivity index (χ1v) is 5.90. The SMILES string of the molecule is CCn1c2[n+](c3c(Cl)cccc31)CCC2. The number of nitrogens with zero attached hydrogens (tertiary/aromatic N) is 2. The Balaban J connectivity index is 2.46. The summed E-state index contributed by atoms with van der Waals surface area (Å²) in [6.07, 6.45) is 2.43. The van der Waals surface area contributed by atoms with E-state index in [0.717, 1.165) is 18.1 Å². The second-order valence-electron chi connectivity index (χ2n) is 4.02. The average molecular weight is 222 g/mol. The fraction of sp³-hybridized carbons (Fsp3) is 0.417. The molecule has 0 atom stereocenters. The number of imidazole rings is 1. The molecule has 0 fully saturated rings. The van der Waals surface area contributed by atoms with Gasteiger partial charge < -0.3 is 0 Å². The van der Waals surface area contributed by atoms with Crippen molar-refractivity contribution in [3.05, 3.63) is 29.0 Å². The average Bonchev–Trinajstić information content (AvgIpc) is 2.76. The van der Waals surface area contributed by atoms with Crippen LogP contribution < -0.4 is 4.57 Å². The van der Waals surface area contributed by atoms with Gasteiger partial charge in [0, 0.05) is 0 Å². The summed E-state index contributed by atoms with van der Waals surface area (Å²) in [7, 11) is 0. The van der Waals surface area contributed by atoms with Crippen molar-refractivity contribution in [2.75, 3.05) is 0 Å². The third-order valence-corrected chi connectivity index (χ3v) is 3.55. The van der Waals surface area contributed by atoms with Crippen molar-refractivity contribution in [3.63, 3.8) is 0 Å². The molecule has 0 unspecified atom stereocenters. The second kappa shape index (κ2) is 3.24. The van der Waals surface area contributed by atoms with Gasteiger partial charge in [0.2, 0.25) is 0 Å². The monoisotopic (exact) mass is 221 g/mol. The van der Waals surface area contributed by atoms with Crippen molar-refractivity contribution in [2.24, 2.45) is 0 Å². The van der Waals surface area contributed by atoms with E-state index in [0.29, 0.717) is 0 Å². The van der Waals surface area contributed by atoms with Crippen molar-refractivity contribution in [3.8, 4) is 0 Å². The second-order valence-corrected chi connectivity index (χ2v) is 4.43. The van der Waals surface area contributed by atoms with Gasteiger partial charge >= 0.3 is 0 Å². The number of aromatic nitrogens is 2. The largest absolute Gasteiger partial charge is 0.257 e. The summed E-state index contributed by atoms with van der Waals surface area (Å²) in [5.74, 6) is 1.43. The molecule has 3 rings (SSSR count). The highest BCUT2D eigenvalue weighted by Crippen LogP contribution is 2.25. The number of aryl methyl sites for hydroxylation is 2. The van der Waals surface area contributed by atoms with Gasteiger partial charge in [0.25, 0.3) is 5.82 Å². The molecule has 1 aliphatic heterocycles. The van der Waals surface area contributed by atoms with E-state index in [1.807, 2.05) is 12.1 Å². The lowest BCUT2D eigenvalue weighted by molar-refractivity contribution is -0.665. The molecule has 0 amide bonds. The smallest absolute Gasteiger partial charge is 0.227 e. The number of hydrogen-bond donors (Lipinski definition) is 0. The zero-order valence-electron chi connectivity index (χ0n) is 8.83. The molecule has 15 heavy (non-hydrogen) atoms. The molecule has 2 heterocycles. The minimum Gasteiger partial charge on any atom is -0.227 e. The van der Waals surface area contributed by atoms with Gasteiger partial charge in [0.05, 0.1) is 24.5 Å². The predicted molar refractivity (Wildman–Crippen MR) is 61.1 cm³/mol. The quantitative estimate of drug-likeness (QED) is 0.655. The summed E-state index contributed by atoms with van der Waals surface area (Å²) in [5.41, 5.74) is 2.49. The maximum Gasteiger partial charge on any atom is 0.257 e. The molecule has 3 heteroatoms. The van der Waals surface area contributed by atoms with Crippen LogP contribution in [-0.2, 0) is 19.5 Å². The van der Waals surface area contributed by atoms with E-state index in [-0.39, 0.29) is 0 Å². The van der Waals surface area contributed by atoms with Gasteiger partial charge in [-0.2, -0.15) is 0 Å². The van der Waals surface area contributed by atoms with Crippen molar-refractivity contribution >= 4 is 22.6 Å². The Labute approximate surface area is 94.1 Å². The van der Waals surface area contributed by atoms with Crippen molar-refractivity contribution in [1.82, 2.24) is 4.57 Å². The molecule has 0 N–H and O–H groups in total. The molecule has 1 aromatic heterocycles. The summed E-state index contributed by atoms with van der Waals surface area (Å²) in [6, 6.07) is 6.18. The van der Waals surface area contributed by atoms with Gasteiger partial charge in [-0.25, -0.2) is 9.13 Å². The van der Waals surface area contributed by atoms with Gasteiger partial charge in [-0.15, -0.1) is 0 Å². The van der Waals surface area contributed by atoms with Crippen molar-refractivity contribution in [1.29, 1.82) is 0 Å². The van der Waals surface area contributed by atoms with Crippen LogP contribution in [0, 0.1) is 0 Å². The fourth-order valence-corrected chi connectivity index (χ4v) is 2.93. The molecule has 0 saturated heterocycles. The molecule has 1 aromatic carbocycles. The maximum absolute atomic E-state index is 6.28. The highest BCUT2D eigenvalue weighted by atomic mass is 35.5. The van der Waals surface area contributed by atoms with Crippen LogP contribution >= 0.6 is 11.6 Å². The standard InChI is InChI=1S/C12H14ClN2/c1-2-14-10-6-3-5-9(13)12(10)15-8-4-7-11(14)15/h3,5-6H,2,4,7-8H2,1H3/q+1. The predicted octanol–water partition coefficient (Wildman–Crippen LogP) is 2.55. The van der Waals surface area contributed by atoms with Gasteiger partial charge in [-0.1, -0.05) is 17.7 Å². The summed E-state index contributed by atoms with van der Waals surface area (Å²) in [6.45, 7) is 4.33. The first kappa shape index (κ1) is 9.22. The summed E-state index contributed by atoms with van der Waals surface area (Å²) in [5, 5.41) is 0.878. The molecule has 0 bridgehead atoms. The number of rotatable bonds is 1. The van der Waals surface area contributed by atoms with Gasteiger partial charge in [-0.3, -0.25) is 0 Å². The topological polar surface area (TPSA) is 8.81 Å². The zero-order valence-corrected chi connectivity index (χ0v) is 9.59. The minimum absolute atomic E-state index is 0.878. The summed E-state index contributed by atoms with van der Waals surface area (Å²) in [4.78, 5) is 0. The van der Waals surface area contributed by atoms with Crippen LogP contribution in [-0.4, -0.2) is 4.57 Å². The van der Waals surface area contributed by atoms with E-state index in [9.17, 15) is 0 Å². The van der Waals surface area contributed by atoms with Gasteiger partial charge in [0.1, 0.15) is 0 Å². The van der Waals surface area contributed by atoms with Gasteiger partial charge in [-0.05, 0) is 25.5 Å². The molecule has 0 spiro atoms. The molecule has 0 aliphatic carbocycles. The molecular weight excluding hydrogens is 208 g/mol. The highest BCUT2D eigenvalue weighted by Gasteiger charge is 2.29. The Bertz CT molecular complexity index is 528. The Morgan fingerprint density at radius 2 is 2.33 bits per heavy atom. The lowest BCUT2D eigenvalue weighted by Gasteiger charge is -1.95. The maximum atomic E-state index is 6.28. The Morgan fingerprint density at radius 3 is 3.13 bits per heavy atom. The first-order chi connectivity index (χ1) is 7.33. The molecular formula is C12H14ClN2+. The Kier molecular flexibility index (Phi) is 1.99. The number of benzene rings is 1. The Hall–Kier alpha value is -1.02. The number of hydrogen-bond acceptors (Lipinski definition) is 0. The normalized spacial score (nSPS) is 14.8. The molecule has 2 aromatic rings. The van der Waals surface area contributed by atoms with Crippen LogP contribution in [0.1, 0.15) is 19.2 Å². The molecule has 78 valence electrons. The Morgan fingerprint density at radius 1 is 1.47 bits per heavy atom. The van der Waals surface area contributed by atoms with E-state index < -0.39 is 0 Å². The molecule has 0 saturated carbocycles. The summed E-state index contributed by atoms with van der Waals surface area (Å²) >= 11 is 6.28. The zero-order chi connectivity index (χ0) is 10.4. The van der Waals surface area contributed by atoms with E-state index in [1.165, 1.54) is 29.7 Å². The third kappa shape index (κ3) is 1.14. The van der Waals surface area contributed by atoms with Crippen LogP contribution in [0.2, 0.25) is 5.02 Å². The number of para-hydroxylation sites is 1. The van der Waals surface area contributed by atoms with Crippen LogP contribution in [0.4, 0.5) is 0 Å². The van der Waals surface area contributed by atoms with Gasteiger partial charge in [0.15, 0.2) is 11.0 Å². The first-order valence-electron chi connectivity index (χ1n) is 5.52. The molecule has 2 nitrogen and oxygen atoms in total. The minimum atomic E-state index is 0.878. The third-order valence-electron chi connectivity index (χ3n) is 3.25. The number of halogens is 1. The van der Waals surface area contributed by atoms with Crippen LogP contribution in [0.25, 0.3) is 11.0 Å². The van der Waals surface area contributed by atoms with Crippen LogP contribution in [0.5, 0.6) is 0 Å². The number of fused-ring (bicyclic) bond motifs is 3. The van der Waals surface area contributed by atoms with E-state index in [2.05, 4.69) is 22.1 Å². The summed E-state index contributed by atoms with van der Waals surface area (Å²) < 4.78 is 4.76. The van der Waals surface area contributed by atoms with Crippen LogP contribution in [0.3, 0.4) is 0 Å². The van der Waals surface area contributed by atoms with E-state index in [4.69, 9.17) is 11.6 Å². The highest BCUT2D eigenvalue weighted by molar-refractivity contribution is 6.34. The molecule has 0 radical (unpaired) electrons. The van der Waals surface area contributed by atoms with E-state index >= 15 is 0 Å². The van der Waals surface area contributed by atoms with Crippen molar-refractivity contribution in [2.45, 2.75) is 32.9 Å². The van der Waals surface area contributed by atoms with E-state index in [1.54, 1.807) is 0 Å².